The molecule has 116 valence electrons. The molecule has 0 radical (unpaired) electrons. The maximum atomic E-state index is 12.1. The van der Waals surface area contributed by atoms with Crippen molar-refractivity contribution < 1.29 is 9.59 Å². The van der Waals surface area contributed by atoms with Crippen molar-refractivity contribution in [1.29, 1.82) is 0 Å². The zero-order valence-corrected chi connectivity index (χ0v) is 12.9. The summed E-state index contributed by atoms with van der Waals surface area (Å²) in [6.45, 7) is 2.49. The number of nitrogens with two attached hydrogens (primary N) is 1. The van der Waals surface area contributed by atoms with Crippen LogP contribution in [0.2, 0.25) is 0 Å². The largest absolute Gasteiger partial charge is 0.355 e. The maximum absolute atomic E-state index is 12.1. The Labute approximate surface area is 126 Å². The van der Waals surface area contributed by atoms with Gasteiger partial charge >= 0.3 is 0 Å². The molecule has 2 atom stereocenters. The number of halogens is 1. The SMILES string of the molecule is CC(=O)NCCNC(=O)C1CC2CCCC(C1)C2N.Cl. The van der Waals surface area contributed by atoms with Crippen molar-refractivity contribution >= 4 is 24.2 Å². The second-order valence-corrected chi connectivity index (χ2v) is 5.97. The van der Waals surface area contributed by atoms with Gasteiger partial charge in [0.2, 0.25) is 11.8 Å². The predicted molar refractivity (Wildman–Crippen MR) is 80.5 cm³/mol. The number of carbonyl (C=O) groups is 2. The molecule has 2 rings (SSSR count). The van der Waals surface area contributed by atoms with E-state index in [4.69, 9.17) is 5.73 Å². The summed E-state index contributed by atoms with van der Waals surface area (Å²) in [5.74, 6) is 1.24. The summed E-state index contributed by atoms with van der Waals surface area (Å²) in [5.41, 5.74) is 6.22. The van der Waals surface area contributed by atoms with Crippen LogP contribution in [-0.2, 0) is 9.59 Å². The average Bonchev–Trinajstić information content (AvgIpc) is 2.33. The fourth-order valence-electron chi connectivity index (χ4n) is 3.57. The molecule has 0 saturated heterocycles. The summed E-state index contributed by atoms with van der Waals surface area (Å²) in [6.07, 6.45) is 5.48. The van der Waals surface area contributed by atoms with Gasteiger partial charge in [-0.25, -0.2) is 0 Å². The van der Waals surface area contributed by atoms with Crippen molar-refractivity contribution in [1.82, 2.24) is 10.6 Å². The molecule has 5 nitrogen and oxygen atoms in total. The number of rotatable bonds is 4. The Balaban J connectivity index is 0.00000200. The van der Waals surface area contributed by atoms with Crippen molar-refractivity contribution in [2.24, 2.45) is 23.5 Å². The van der Waals surface area contributed by atoms with Crippen LogP contribution in [0.4, 0.5) is 0 Å². The second kappa shape index (κ2) is 7.84. The molecule has 6 heteroatoms. The first-order valence-electron chi connectivity index (χ1n) is 7.35. The molecule has 2 fully saturated rings. The third-order valence-electron chi connectivity index (χ3n) is 4.58. The smallest absolute Gasteiger partial charge is 0.223 e. The van der Waals surface area contributed by atoms with Gasteiger partial charge in [-0.3, -0.25) is 9.59 Å². The number of fused-ring (bicyclic) bond motifs is 2. The second-order valence-electron chi connectivity index (χ2n) is 5.97. The van der Waals surface area contributed by atoms with Gasteiger partial charge in [-0.2, -0.15) is 0 Å². The first kappa shape index (κ1) is 17.2. The van der Waals surface area contributed by atoms with Crippen LogP contribution in [0.1, 0.15) is 39.0 Å². The molecule has 0 heterocycles. The molecule has 2 amide bonds. The van der Waals surface area contributed by atoms with Crippen molar-refractivity contribution in [3.63, 3.8) is 0 Å². The van der Waals surface area contributed by atoms with Gasteiger partial charge < -0.3 is 16.4 Å². The first-order valence-corrected chi connectivity index (χ1v) is 7.35. The summed E-state index contributed by atoms with van der Waals surface area (Å²) in [6, 6.07) is 0.303. The molecule has 0 spiro atoms. The minimum Gasteiger partial charge on any atom is -0.355 e. The van der Waals surface area contributed by atoms with Crippen LogP contribution in [0, 0.1) is 17.8 Å². The summed E-state index contributed by atoms with van der Waals surface area (Å²) < 4.78 is 0. The van der Waals surface area contributed by atoms with Crippen LogP contribution >= 0.6 is 12.4 Å². The van der Waals surface area contributed by atoms with Crippen LogP contribution < -0.4 is 16.4 Å². The Bertz CT molecular complexity index is 337. The molecule has 2 bridgehead atoms. The minimum absolute atomic E-state index is 0. The Morgan fingerprint density at radius 1 is 1.10 bits per heavy atom. The summed E-state index contributed by atoms with van der Waals surface area (Å²) in [4.78, 5) is 22.8. The van der Waals surface area contributed by atoms with Gasteiger partial charge in [-0.15, -0.1) is 12.4 Å². The Hall–Kier alpha value is -0.810. The molecular formula is C14H26ClN3O2. The normalized spacial score (nSPS) is 31.9. The van der Waals surface area contributed by atoms with E-state index in [1.54, 1.807) is 0 Å². The third-order valence-corrected chi connectivity index (χ3v) is 4.58. The topological polar surface area (TPSA) is 84.2 Å². The van der Waals surface area contributed by atoms with E-state index < -0.39 is 0 Å². The summed E-state index contributed by atoms with van der Waals surface area (Å²) in [7, 11) is 0. The van der Waals surface area contributed by atoms with E-state index in [-0.39, 0.29) is 30.1 Å². The third kappa shape index (κ3) is 4.35. The van der Waals surface area contributed by atoms with Crippen LogP contribution in [0.3, 0.4) is 0 Å². The highest BCUT2D eigenvalue weighted by Crippen LogP contribution is 2.41. The van der Waals surface area contributed by atoms with Gasteiger partial charge in [0, 0.05) is 32.0 Å². The number of hydrogen-bond donors (Lipinski definition) is 3. The lowest BCUT2D eigenvalue weighted by molar-refractivity contribution is -0.128. The number of hydrogen-bond acceptors (Lipinski definition) is 3. The van der Waals surface area contributed by atoms with Crippen molar-refractivity contribution in [2.45, 2.75) is 45.1 Å². The summed E-state index contributed by atoms with van der Waals surface area (Å²) >= 11 is 0. The molecule has 2 aliphatic carbocycles. The van der Waals surface area contributed by atoms with Gasteiger partial charge in [0.05, 0.1) is 0 Å². The lowest BCUT2D eigenvalue weighted by atomic mass is 9.65. The highest BCUT2D eigenvalue weighted by Gasteiger charge is 2.40. The quantitative estimate of drug-likeness (QED) is 0.672. The Morgan fingerprint density at radius 3 is 2.20 bits per heavy atom. The highest BCUT2D eigenvalue weighted by molar-refractivity contribution is 5.85. The van der Waals surface area contributed by atoms with E-state index in [0.29, 0.717) is 31.0 Å². The highest BCUT2D eigenvalue weighted by atomic mass is 35.5. The number of amides is 2. The Kier molecular flexibility index (Phi) is 6.76. The fraction of sp³-hybridized carbons (Fsp3) is 0.857. The number of nitrogens with one attached hydrogen (secondary N) is 2. The van der Waals surface area contributed by atoms with Gasteiger partial charge in [0.15, 0.2) is 0 Å². The van der Waals surface area contributed by atoms with Crippen LogP contribution in [0.15, 0.2) is 0 Å². The van der Waals surface area contributed by atoms with E-state index in [0.717, 1.165) is 12.8 Å². The van der Waals surface area contributed by atoms with Crippen molar-refractivity contribution in [3.05, 3.63) is 0 Å². The van der Waals surface area contributed by atoms with Gasteiger partial charge in [0.1, 0.15) is 0 Å². The maximum Gasteiger partial charge on any atom is 0.223 e. The van der Waals surface area contributed by atoms with E-state index >= 15 is 0 Å². The predicted octanol–water partition coefficient (Wildman–Crippen LogP) is 0.814. The molecule has 2 saturated carbocycles. The van der Waals surface area contributed by atoms with Gasteiger partial charge in [-0.05, 0) is 37.5 Å². The molecule has 2 aliphatic rings. The van der Waals surface area contributed by atoms with E-state index in [2.05, 4.69) is 10.6 Å². The van der Waals surface area contributed by atoms with Crippen molar-refractivity contribution in [2.75, 3.05) is 13.1 Å². The van der Waals surface area contributed by atoms with Crippen LogP contribution in [0.5, 0.6) is 0 Å². The van der Waals surface area contributed by atoms with Gasteiger partial charge in [0.25, 0.3) is 0 Å². The number of carbonyl (C=O) groups excluding carboxylic acids is 2. The van der Waals surface area contributed by atoms with Gasteiger partial charge in [-0.1, -0.05) is 6.42 Å². The zero-order valence-electron chi connectivity index (χ0n) is 12.1. The summed E-state index contributed by atoms with van der Waals surface area (Å²) in [5, 5.41) is 5.59. The van der Waals surface area contributed by atoms with E-state index in [9.17, 15) is 9.59 Å². The molecule has 20 heavy (non-hydrogen) atoms. The molecule has 0 aromatic carbocycles. The fourth-order valence-corrected chi connectivity index (χ4v) is 3.57. The first-order chi connectivity index (χ1) is 9.08. The van der Waals surface area contributed by atoms with Crippen LogP contribution in [-0.4, -0.2) is 30.9 Å². The zero-order chi connectivity index (χ0) is 13.8. The molecule has 2 unspecified atom stereocenters. The standard InChI is InChI=1S/C14H25N3O2.ClH/c1-9(18)16-5-6-17-14(19)12-7-10-3-2-4-11(8-12)13(10)15;/h10-13H,2-8,15H2,1H3,(H,16,18)(H,17,19);1H. The lowest BCUT2D eigenvalue weighted by Gasteiger charge is -2.43. The Morgan fingerprint density at radius 2 is 1.65 bits per heavy atom. The van der Waals surface area contributed by atoms with E-state index in [1.807, 2.05) is 0 Å². The average molecular weight is 304 g/mol. The molecule has 0 aromatic rings. The van der Waals surface area contributed by atoms with Crippen LogP contribution in [0.25, 0.3) is 0 Å². The van der Waals surface area contributed by atoms with Crippen molar-refractivity contribution in [3.8, 4) is 0 Å². The molecule has 4 N–H and O–H groups in total. The molecule has 0 aliphatic heterocycles. The minimum atomic E-state index is -0.0626. The molecule has 0 aromatic heterocycles. The van der Waals surface area contributed by atoms with E-state index in [1.165, 1.54) is 26.2 Å². The monoisotopic (exact) mass is 303 g/mol. The lowest BCUT2D eigenvalue weighted by Crippen LogP contribution is -2.49. The molecular weight excluding hydrogens is 278 g/mol.